The van der Waals surface area contributed by atoms with Gasteiger partial charge in [-0.25, -0.2) is 9.59 Å². The fourth-order valence-corrected chi connectivity index (χ4v) is 3.81. The third kappa shape index (κ3) is 8.64. The minimum Gasteiger partial charge on any atom is -0.485 e. The van der Waals surface area contributed by atoms with Crippen molar-refractivity contribution in [3.63, 3.8) is 0 Å². The highest BCUT2D eigenvalue weighted by atomic mass is 16.5. The molecule has 0 aliphatic carbocycles. The second-order valence-corrected chi connectivity index (χ2v) is 8.76. The van der Waals surface area contributed by atoms with Gasteiger partial charge in [0, 0.05) is 12.2 Å². The van der Waals surface area contributed by atoms with E-state index in [1.165, 1.54) is 0 Å². The lowest BCUT2D eigenvalue weighted by molar-refractivity contribution is 0.0526. The Balaban J connectivity index is 1.33. The van der Waals surface area contributed by atoms with E-state index < -0.39 is 5.97 Å². The Morgan fingerprint density at radius 3 is 1.92 bits per heavy atom. The Bertz CT molecular complexity index is 1340. The van der Waals surface area contributed by atoms with Gasteiger partial charge in [-0.3, -0.25) is 0 Å². The van der Waals surface area contributed by atoms with Crippen LogP contribution in [0, 0.1) is 0 Å². The van der Waals surface area contributed by atoms with Gasteiger partial charge < -0.3 is 24.8 Å². The number of urea groups is 1. The Hall–Kier alpha value is -4.78. The maximum atomic E-state index is 12.4. The number of benzene rings is 4. The van der Waals surface area contributed by atoms with Gasteiger partial charge in [0.1, 0.15) is 13.2 Å². The first kappa shape index (κ1) is 27.3. The number of hydrogen-bond donors (Lipinski definition) is 2. The van der Waals surface area contributed by atoms with Crippen molar-refractivity contribution in [2.45, 2.75) is 26.6 Å². The van der Waals surface area contributed by atoms with E-state index in [1.54, 1.807) is 31.2 Å². The van der Waals surface area contributed by atoms with Crippen LogP contribution in [-0.4, -0.2) is 25.2 Å². The summed E-state index contributed by atoms with van der Waals surface area (Å²) in [4.78, 5) is 24.1. The summed E-state index contributed by atoms with van der Waals surface area (Å²) in [5.74, 6) is 0.922. The van der Waals surface area contributed by atoms with Crippen LogP contribution in [-0.2, 0) is 24.4 Å². The highest BCUT2D eigenvalue weighted by Crippen LogP contribution is 2.30. The molecule has 0 spiro atoms. The summed E-state index contributed by atoms with van der Waals surface area (Å²) in [6.07, 6.45) is 0.607. The molecule has 0 fully saturated rings. The molecule has 0 unspecified atom stereocenters. The zero-order valence-corrected chi connectivity index (χ0v) is 21.9. The fraction of sp³-hybridized carbons (Fsp3) is 0.188. The summed E-state index contributed by atoms with van der Waals surface area (Å²) < 4.78 is 17.2. The van der Waals surface area contributed by atoms with Crippen molar-refractivity contribution >= 4 is 17.7 Å². The Kier molecular flexibility index (Phi) is 9.95. The largest absolute Gasteiger partial charge is 0.485 e. The monoisotopic (exact) mass is 524 g/mol. The minimum atomic E-state index is -0.392. The first-order valence-corrected chi connectivity index (χ1v) is 12.9. The van der Waals surface area contributed by atoms with Crippen molar-refractivity contribution in [2.24, 2.45) is 0 Å². The fourth-order valence-electron chi connectivity index (χ4n) is 3.81. The number of esters is 1. The smallest absolute Gasteiger partial charge is 0.338 e. The molecule has 7 heteroatoms. The van der Waals surface area contributed by atoms with Crippen LogP contribution in [0.5, 0.6) is 11.5 Å². The first-order valence-electron chi connectivity index (χ1n) is 12.9. The topological polar surface area (TPSA) is 85.9 Å². The molecular formula is C32H32N2O5. The Labute approximate surface area is 228 Å². The third-order valence-electron chi connectivity index (χ3n) is 5.84. The molecule has 2 N–H and O–H groups in total. The van der Waals surface area contributed by atoms with E-state index in [4.69, 9.17) is 14.2 Å². The van der Waals surface area contributed by atoms with Crippen LogP contribution >= 0.6 is 0 Å². The van der Waals surface area contributed by atoms with E-state index in [9.17, 15) is 9.59 Å². The lowest BCUT2D eigenvalue weighted by Crippen LogP contribution is -2.30. The van der Waals surface area contributed by atoms with Gasteiger partial charge in [0.2, 0.25) is 0 Å². The van der Waals surface area contributed by atoms with E-state index in [-0.39, 0.29) is 6.03 Å². The molecule has 2 amide bonds. The van der Waals surface area contributed by atoms with Crippen LogP contribution in [0.2, 0.25) is 0 Å². The molecule has 200 valence electrons. The maximum Gasteiger partial charge on any atom is 0.338 e. The highest BCUT2D eigenvalue weighted by Gasteiger charge is 2.10. The number of hydrogen-bond acceptors (Lipinski definition) is 5. The van der Waals surface area contributed by atoms with Crippen LogP contribution in [0.4, 0.5) is 10.5 Å². The molecule has 4 aromatic rings. The maximum absolute atomic E-state index is 12.4. The van der Waals surface area contributed by atoms with Crippen molar-refractivity contribution < 1.29 is 23.8 Å². The van der Waals surface area contributed by atoms with Crippen LogP contribution < -0.4 is 20.1 Å². The molecule has 0 heterocycles. The molecule has 0 aromatic heterocycles. The van der Waals surface area contributed by atoms with E-state index in [0.29, 0.717) is 55.5 Å². The molecule has 0 saturated heterocycles. The number of amides is 2. The Morgan fingerprint density at radius 2 is 1.31 bits per heavy atom. The first-order chi connectivity index (χ1) is 19.1. The lowest BCUT2D eigenvalue weighted by Gasteiger charge is -2.15. The predicted octanol–water partition coefficient (Wildman–Crippen LogP) is 6.39. The number of carbonyl (C=O) groups excluding carboxylic acids is 2. The zero-order valence-electron chi connectivity index (χ0n) is 21.9. The van der Waals surface area contributed by atoms with Crippen molar-refractivity contribution in [1.82, 2.24) is 5.32 Å². The van der Waals surface area contributed by atoms with E-state index in [2.05, 4.69) is 10.6 Å². The summed E-state index contributed by atoms with van der Waals surface area (Å²) in [6.45, 7) is 3.34. The van der Waals surface area contributed by atoms with E-state index >= 15 is 0 Å². The standard InChI is InChI=1S/C32H32N2O5/c1-2-37-31(35)27-14-16-28(17-15-27)34-32(36)33-20-19-24-13-18-29(38-22-25-9-5-3-6-10-25)30(21-24)39-23-26-11-7-4-8-12-26/h3-18,21H,2,19-20,22-23H2,1H3,(H2,33,34,36). The molecule has 0 saturated carbocycles. The van der Waals surface area contributed by atoms with Crippen molar-refractivity contribution in [3.05, 3.63) is 125 Å². The van der Waals surface area contributed by atoms with Gasteiger partial charge in [0.25, 0.3) is 0 Å². The number of rotatable bonds is 12. The van der Waals surface area contributed by atoms with E-state index in [0.717, 1.165) is 16.7 Å². The molecule has 0 aliphatic heterocycles. The average Bonchev–Trinajstić information content (AvgIpc) is 2.97. The van der Waals surface area contributed by atoms with Crippen LogP contribution in [0.1, 0.15) is 34.0 Å². The summed E-state index contributed by atoms with van der Waals surface area (Å²) in [5.41, 5.74) is 4.15. The van der Waals surface area contributed by atoms with Gasteiger partial charge in [-0.2, -0.15) is 0 Å². The third-order valence-corrected chi connectivity index (χ3v) is 5.84. The number of carbonyl (C=O) groups is 2. The van der Waals surface area contributed by atoms with Gasteiger partial charge in [0.05, 0.1) is 12.2 Å². The summed E-state index contributed by atoms with van der Waals surface area (Å²) in [7, 11) is 0. The number of ether oxygens (including phenoxy) is 3. The molecule has 0 aliphatic rings. The van der Waals surface area contributed by atoms with Gasteiger partial charge in [0.15, 0.2) is 11.5 Å². The minimum absolute atomic E-state index is 0.311. The lowest BCUT2D eigenvalue weighted by atomic mass is 10.1. The second kappa shape index (κ2) is 14.2. The molecule has 0 bridgehead atoms. The SMILES string of the molecule is CCOC(=O)c1ccc(NC(=O)NCCc2ccc(OCc3ccccc3)c(OCc3ccccc3)c2)cc1. The number of nitrogens with one attached hydrogen (secondary N) is 2. The van der Waals surface area contributed by atoms with Gasteiger partial charge in [-0.15, -0.1) is 0 Å². The molecular weight excluding hydrogens is 492 g/mol. The average molecular weight is 525 g/mol. The Morgan fingerprint density at radius 1 is 0.692 bits per heavy atom. The predicted molar refractivity (Wildman–Crippen MR) is 151 cm³/mol. The van der Waals surface area contributed by atoms with Gasteiger partial charge >= 0.3 is 12.0 Å². The summed E-state index contributed by atoms with van der Waals surface area (Å²) in [6, 6.07) is 32.0. The van der Waals surface area contributed by atoms with Crippen LogP contribution in [0.15, 0.2) is 103 Å². The van der Waals surface area contributed by atoms with Crippen LogP contribution in [0.3, 0.4) is 0 Å². The van der Waals surface area contributed by atoms with Crippen molar-refractivity contribution in [1.29, 1.82) is 0 Å². The normalized spacial score (nSPS) is 10.4. The molecule has 4 rings (SSSR count). The zero-order chi connectivity index (χ0) is 27.3. The summed E-state index contributed by atoms with van der Waals surface area (Å²) in [5, 5.41) is 5.63. The van der Waals surface area contributed by atoms with Crippen molar-refractivity contribution in [2.75, 3.05) is 18.5 Å². The second-order valence-electron chi connectivity index (χ2n) is 8.76. The van der Waals surface area contributed by atoms with Gasteiger partial charge in [-0.05, 0) is 66.4 Å². The highest BCUT2D eigenvalue weighted by molar-refractivity contribution is 5.92. The summed E-state index contributed by atoms with van der Waals surface area (Å²) >= 11 is 0. The molecule has 0 atom stereocenters. The molecule has 39 heavy (non-hydrogen) atoms. The quantitative estimate of drug-likeness (QED) is 0.210. The molecule has 7 nitrogen and oxygen atoms in total. The van der Waals surface area contributed by atoms with E-state index in [1.807, 2.05) is 78.9 Å². The van der Waals surface area contributed by atoms with Crippen LogP contribution in [0.25, 0.3) is 0 Å². The van der Waals surface area contributed by atoms with Gasteiger partial charge in [-0.1, -0.05) is 66.7 Å². The van der Waals surface area contributed by atoms with Crippen molar-refractivity contribution in [3.8, 4) is 11.5 Å². The molecule has 4 aromatic carbocycles. The molecule has 0 radical (unpaired) electrons. The number of anilines is 1.